The standard InChI is InChI=1S/C22H28N4O3/c1-17(22(18-6-4-3-5-7-18)26-12-14-29-15-13-26)24-25-21(27)16-23-19-8-10-20(28-2)11-9-19/h3-11,22-23H,12-16H2,1-2H3,(H,25,27)/b24-17-/t22-/m1/s1. The summed E-state index contributed by atoms with van der Waals surface area (Å²) in [4.78, 5) is 14.6. The molecule has 1 fully saturated rings. The Hall–Kier alpha value is -2.90. The molecule has 0 saturated carbocycles. The SMILES string of the molecule is COc1ccc(NCC(=O)N/N=C(/C)[C@H](c2ccccc2)N2CCOCC2)cc1. The van der Waals surface area contributed by atoms with Gasteiger partial charge in [-0.1, -0.05) is 30.3 Å². The van der Waals surface area contributed by atoms with E-state index in [1.165, 1.54) is 0 Å². The van der Waals surface area contributed by atoms with E-state index in [2.05, 4.69) is 32.9 Å². The largest absolute Gasteiger partial charge is 0.497 e. The molecular formula is C22H28N4O3. The fraction of sp³-hybridized carbons (Fsp3) is 0.364. The van der Waals surface area contributed by atoms with E-state index in [-0.39, 0.29) is 18.5 Å². The summed E-state index contributed by atoms with van der Waals surface area (Å²) in [6.07, 6.45) is 0. The zero-order valence-electron chi connectivity index (χ0n) is 16.9. The number of nitrogens with zero attached hydrogens (tertiary/aromatic N) is 2. The van der Waals surface area contributed by atoms with Gasteiger partial charge in [0, 0.05) is 18.8 Å². The van der Waals surface area contributed by atoms with Gasteiger partial charge in [-0.05, 0) is 36.8 Å². The molecule has 0 spiro atoms. The van der Waals surface area contributed by atoms with Gasteiger partial charge in [-0.3, -0.25) is 9.69 Å². The first-order chi connectivity index (χ1) is 14.2. The fourth-order valence-corrected chi connectivity index (χ4v) is 3.33. The first-order valence-corrected chi connectivity index (χ1v) is 9.75. The minimum Gasteiger partial charge on any atom is -0.497 e. The van der Waals surface area contributed by atoms with Crippen molar-refractivity contribution in [3.05, 3.63) is 60.2 Å². The second kappa shape index (κ2) is 10.6. The molecule has 0 unspecified atom stereocenters. The number of hydrazone groups is 1. The van der Waals surface area contributed by atoms with Crippen LogP contribution >= 0.6 is 0 Å². The van der Waals surface area contributed by atoms with Gasteiger partial charge >= 0.3 is 0 Å². The first-order valence-electron chi connectivity index (χ1n) is 9.75. The molecular weight excluding hydrogens is 368 g/mol. The van der Waals surface area contributed by atoms with Crippen LogP contribution in [0, 0.1) is 0 Å². The number of morpholine rings is 1. The van der Waals surface area contributed by atoms with Gasteiger partial charge in [0.05, 0.1) is 38.6 Å². The van der Waals surface area contributed by atoms with Crippen LogP contribution in [0.3, 0.4) is 0 Å². The van der Waals surface area contributed by atoms with E-state index >= 15 is 0 Å². The molecule has 1 aliphatic rings. The molecule has 29 heavy (non-hydrogen) atoms. The van der Waals surface area contributed by atoms with Gasteiger partial charge in [-0.15, -0.1) is 0 Å². The lowest BCUT2D eigenvalue weighted by Crippen LogP contribution is -2.42. The van der Waals surface area contributed by atoms with Gasteiger partial charge in [0.25, 0.3) is 5.91 Å². The number of hydrogen-bond acceptors (Lipinski definition) is 6. The summed E-state index contributed by atoms with van der Waals surface area (Å²) in [5.41, 5.74) is 5.51. The summed E-state index contributed by atoms with van der Waals surface area (Å²) < 4.78 is 10.6. The predicted molar refractivity (Wildman–Crippen MR) is 114 cm³/mol. The number of hydrogen-bond donors (Lipinski definition) is 2. The third-order valence-corrected chi connectivity index (χ3v) is 4.82. The maximum Gasteiger partial charge on any atom is 0.259 e. The van der Waals surface area contributed by atoms with Crippen LogP contribution in [0.5, 0.6) is 5.75 Å². The van der Waals surface area contributed by atoms with Crippen molar-refractivity contribution in [1.29, 1.82) is 0 Å². The molecule has 3 rings (SSSR count). The van der Waals surface area contributed by atoms with Gasteiger partial charge in [0.2, 0.25) is 0 Å². The van der Waals surface area contributed by atoms with Crippen LogP contribution in [0.1, 0.15) is 18.5 Å². The van der Waals surface area contributed by atoms with E-state index < -0.39 is 0 Å². The molecule has 7 heteroatoms. The molecule has 1 amide bonds. The highest BCUT2D eigenvalue weighted by molar-refractivity contribution is 5.90. The molecule has 2 aromatic rings. The molecule has 0 bridgehead atoms. The molecule has 0 aliphatic carbocycles. The molecule has 2 N–H and O–H groups in total. The van der Waals surface area contributed by atoms with Crippen LogP contribution in [-0.2, 0) is 9.53 Å². The van der Waals surface area contributed by atoms with Crippen LogP contribution in [0.25, 0.3) is 0 Å². The average molecular weight is 396 g/mol. The average Bonchev–Trinajstić information content (AvgIpc) is 2.78. The number of methoxy groups -OCH3 is 1. The highest BCUT2D eigenvalue weighted by Crippen LogP contribution is 2.23. The summed E-state index contributed by atoms with van der Waals surface area (Å²) in [7, 11) is 1.62. The molecule has 1 atom stereocenters. The van der Waals surface area contributed by atoms with E-state index in [9.17, 15) is 4.79 Å². The van der Waals surface area contributed by atoms with Crippen molar-refractivity contribution in [2.45, 2.75) is 13.0 Å². The Labute approximate surface area is 171 Å². The second-order valence-corrected chi connectivity index (χ2v) is 6.83. The quantitative estimate of drug-likeness (QED) is 0.530. The topological polar surface area (TPSA) is 75.2 Å². The van der Waals surface area contributed by atoms with Crippen molar-refractivity contribution < 1.29 is 14.3 Å². The first kappa shape index (κ1) is 20.8. The van der Waals surface area contributed by atoms with Crippen molar-refractivity contribution in [2.75, 3.05) is 45.3 Å². The molecule has 1 saturated heterocycles. The van der Waals surface area contributed by atoms with Crippen molar-refractivity contribution in [3.63, 3.8) is 0 Å². The van der Waals surface area contributed by atoms with E-state index in [4.69, 9.17) is 9.47 Å². The van der Waals surface area contributed by atoms with Crippen LogP contribution in [0.4, 0.5) is 5.69 Å². The number of carbonyl (C=O) groups excluding carboxylic acids is 1. The lowest BCUT2D eigenvalue weighted by Gasteiger charge is -2.34. The highest BCUT2D eigenvalue weighted by atomic mass is 16.5. The van der Waals surface area contributed by atoms with Crippen LogP contribution < -0.4 is 15.5 Å². The third kappa shape index (κ3) is 6.04. The van der Waals surface area contributed by atoms with Crippen molar-refractivity contribution in [1.82, 2.24) is 10.3 Å². The molecule has 1 aliphatic heterocycles. The smallest absolute Gasteiger partial charge is 0.259 e. The number of nitrogens with one attached hydrogen (secondary N) is 2. The van der Waals surface area contributed by atoms with E-state index in [0.717, 1.165) is 35.8 Å². The second-order valence-electron chi connectivity index (χ2n) is 6.83. The third-order valence-electron chi connectivity index (χ3n) is 4.82. The Balaban J connectivity index is 1.60. The number of benzene rings is 2. The van der Waals surface area contributed by atoms with Crippen molar-refractivity contribution >= 4 is 17.3 Å². The minimum absolute atomic E-state index is 0.00921. The Bertz CT molecular complexity index is 803. The molecule has 2 aromatic carbocycles. The van der Waals surface area contributed by atoms with E-state index in [0.29, 0.717) is 13.2 Å². The zero-order valence-corrected chi connectivity index (χ0v) is 16.9. The monoisotopic (exact) mass is 396 g/mol. The molecule has 0 radical (unpaired) electrons. The maximum atomic E-state index is 12.2. The van der Waals surface area contributed by atoms with Crippen LogP contribution in [-0.4, -0.2) is 56.5 Å². The van der Waals surface area contributed by atoms with Gasteiger partial charge in [-0.2, -0.15) is 5.10 Å². The number of carbonyl (C=O) groups is 1. The fourth-order valence-electron chi connectivity index (χ4n) is 3.33. The summed E-state index contributed by atoms with van der Waals surface area (Å²) in [6.45, 7) is 5.16. The van der Waals surface area contributed by atoms with E-state index in [1.54, 1.807) is 7.11 Å². The van der Waals surface area contributed by atoms with E-state index in [1.807, 2.05) is 49.4 Å². The lowest BCUT2D eigenvalue weighted by atomic mass is 10.0. The van der Waals surface area contributed by atoms with Gasteiger partial charge < -0.3 is 14.8 Å². The Morgan fingerprint density at radius 1 is 1.14 bits per heavy atom. The van der Waals surface area contributed by atoms with Crippen molar-refractivity contribution in [2.24, 2.45) is 5.10 Å². The Morgan fingerprint density at radius 2 is 1.83 bits per heavy atom. The number of rotatable bonds is 8. The predicted octanol–water partition coefficient (Wildman–Crippen LogP) is 2.67. The maximum absolute atomic E-state index is 12.2. The van der Waals surface area contributed by atoms with Gasteiger partial charge in [0.1, 0.15) is 5.75 Å². The Morgan fingerprint density at radius 3 is 2.48 bits per heavy atom. The summed E-state index contributed by atoms with van der Waals surface area (Å²) in [6, 6.07) is 17.6. The summed E-state index contributed by atoms with van der Waals surface area (Å²) in [5.74, 6) is 0.573. The molecule has 154 valence electrons. The van der Waals surface area contributed by atoms with Gasteiger partial charge in [-0.25, -0.2) is 5.43 Å². The molecule has 1 heterocycles. The Kier molecular flexibility index (Phi) is 7.61. The normalized spacial score (nSPS) is 16.1. The highest BCUT2D eigenvalue weighted by Gasteiger charge is 2.25. The summed E-state index contributed by atoms with van der Waals surface area (Å²) in [5, 5.41) is 7.47. The van der Waals surface area contributed by atoms with Crippen LogP contribution in [0.2, 0.25) is 0 Å². The van der Waals surface area contributed by atoms with Crippen molar-refractivity contribution in [3.8, 4) is 5.75 Å². The number of anilines is 1. The van der Waals surface area contributed by atoms with Crippen LogP contribution in [0.15, 0.2) is 59.7 Å². The minimum atomic E-state index is -0.200. The number of amides is 1. The zero-order chi connectivity index (χ0) is 20.5. The lowest BCUT2D eigenvalue weighted by molar-refractivity contribution is -0.119. The molecule has 0 aromatic heterocycles. The van der Waals surface area contributed by atoms with Gasteiger partial charge in [0.15, 0.2) is 0 Å². The summed E-state index contributed by atoms with van der Waals surface area (Å²) >= 11 is 0. The molecule has 7 nitrogen and oxygen atoms in total. The number of ether oxygens (including phenoxy) is 2.